The van der Waals surface area contributed by atoms with Gasteiger partial charge >= 0.3 is 0 Å². The molecule has 1 aliphatic heterocycles. The third-order valence-corrected chi connectivity index (χ3v) is 3.12. The second kappa shape index (κ2) is 5.85. The third-order valence-electron chi connectivity index (χ3n) is 2.63. The van der Waals surface area contributed by atoms with Gasteiger partial charge in [0.1, 0.15) is 0 Å². The molecule has 0 saturated carbocycles. The van der Waals surface area contributed by atoms with Gasteiger partial charge in [-0.05, 0) is 37.1 Å². The SMILES string of the molecule is Cl.OC1CCNC(c2cccc(Br)c2)C1. The monoisotopic (exact) mass is 291 g/mol. The van der Waals surface area contributed by atoms with Crippen molar-refractivity contribution in [2.24, 2.45) is 0 Å². The Kier molecular flexibility index (Phi) is 5.06. The predicted octanol–water partition coefficient (Wildman–Crippen LogP) is 2.66. The van der Waals surface area contributed by atoms with Crippen LogP contribution < -0.4 is 5.32 Å². The maximum atomic E-state index is 9.56. The lowest BCUT2D eigenvalue weighted by atomic mass is 9.96. The number of aliphatic hydroxyl groups excluding tert-OH is 1. The molecule has 0 bridgehead atoms. The molecule has 84 valence electrons. The van der Waals surface area contributed by atoms with Gasteiger partial charge in [0, 0.05) is 10.5 Å². The van der Waals surface area contributed by atoms with E-state index < -0.39 is 0 Å². The topological polar surface area (TPSA) is 32.3 Å². The lowest BCUT2D eigenvalue weighted by molar-refractivity contribution is 0.116. The van der Waals surface area contributed by atoms with E-state index >= 15 is 0 Å². The van der Waals surface area contributed by atoms with Crippen LogP contribution >= 0.6 is 28.3 Å². The van der Waals surface area contributed by atoms with Crippen LogP contribution in [0.4, 0.5) is 0 Å². The summed E-state index contributed by atoms with van der Waals surface area (Å²) in [5.74, 6) is 0. The molecule has 1 aromatic rings. The minimum absolute atomic E-state index is 0. The van der Waals surface area contributed by atoms with E-state index in [4.69, 9.17) is 0 Å². The Hall–Kier alpha value is -0.0900. The molecular formula is C11H15BrClNO. The Morgan fingerprint density at radius 3 is 2.87 bits per heavy atom. The van der Waals surface area contributed by atoms with Crippen molar-refractivity contribution < 1.29 is 5.11 Å². The van der Waals surface area contributed by atoms with Crippen LogP contribution in [0.1, 0.15) is 24.4 Å². The van der Waals surface area contributed by atoms with Gasteiger partial charge in [0.25, 0.3) is 0 Å². The first-order chi connectivity index (χ1) is 6.75. The number of nitrogens with one attached hydrogen (secondary N) is 1. The largest absolute Gasteiger partial charge is 0.393 e. The van der Waals surface area contributed by atoms with Gasteiger partial charge in [0.2, 0.25) is 0 Å². The molecule has 1 aliphatic rings. The first kappa shape index (κ1) is 13.0. The van der Waals surface area contributed by atoms with Crippen LogP contribution in [0.25, 0.3) is 0 Å². The summed E-state index contributed by atoms with van der Waals surface area (Å²) in [6.45, 7) is 0.901. The Bertz CT molecular complexity index is 321. The number of hydrogen-bond acceptors (Lipinski definition) is 2. The summed E-state index contributed by atoms with van der Waals surface area (Å²) in [5, 5.41) is 13.0. The van der Waals surface area contributed by atoms with Crippen LogP contribution in [0.2, 0.25) is 0 Å². The average molecular weight is 293 g/mol. The smallest absolute Gasteiger partial charge is 0.0570 e. The molecule has 2 N–H and O–H groups in total. The number of piperidine rings is 1. The zero-order valence-corrected chi connectivity index (χ0v) is 10.7. The normalized spacial score (nSPS) is 25.7. The van der Waals surface area contributed by atoms with Crippen molar-refractivity contribution in [2.75, 3.05) is 6.54 Å². The molecular weight excluding hydrogens is 277 g/mol. The van der Waals surface area contributed by atoms with Gasteiger partial charge in [-0.3, -0.25) is 0 Å². The number of benzene rings is 1. The van der Waals surface area contributed by atoms with Crippen molar-refractivity contribution >= 4 is 28.3 Å². The van der Waals surface area contributed by atoms with E-state index in [1.165, 1.54) is 5.56 Å². The first-order valence-electron chi connectivity index (χ1n) is 4.92. The summed E-state index contributed by atoms with van der Waals surface area (Å²) < 4.78 is 1.09. The summed E-state index contributed by atoms with van der Waals surface area (Å²) >= 11 is 3.45. The fourth-order valence-corrected chi connectivity index (χ4v) is 2.29. The number of hydrogen-bond donors (Lipinski definition) is 2. The fraction of sp³-hybridized carbons (Fsp3) is 0.455. The highest BCUT2D eigenvalue weighted by molar-refractivity contribution is 9.10. The molecule has 1 aromatic carbocycles. The molecule has 2 unspecified atom stereocenters. The Labute approximate surface area is 105 Å². The van der Waals surface area contributed by atoms with Gasteiger partial charge in [-0.1, -0.05) is 28.1 Å². The molecule has 1 saturated heterocycles. The summed E-state index contributed by atoms with van der Waals surface area (Å²) in [4.78, 5) is 0. The highest BCUT2D eigenvalue weighted by atomic mass is 79.9. The molecule has 0 aromatic heterocycles. The van der Waals surface area contributed by atoms with E-state index in [-0.39, 0.29) is 18.5 Å². The molecule has 15 heavy (non-hydrogen) atoms. The standard InChI is InChI=1S/C11H14BrNO.ClH/c12-9-3-1-2-8(6-9)11-7-10(14)4-5-13-11;/h1-3,6,10-11,13-14H,4-5,7H2;1H. The molecule has 4 heteroatoms. The molecule has 1 fully saturated rings. The van der Waals surface area contributed by atoms with Gasteiger partial charge in [-0.25, -0.2) is 0 Å². The lowest BCUT2D eigenvalue weighted by Gasteiger charge is -2.27. The molecule has 0 spiro atoms. The Morgan fingerprint density at radius 1 is 1.40 bits per heavy atom. The highest BCUT2D eigenvalue weighted by Crippen LogP contribution is 2.25. The van der Waals surface area contributed by atoms with Crippen molar-refractivity contribution in [3.63, 3.8) is 0 Å². The van der Waals surface area contributed by atoms with E-state index in [0.717, 1.165) is 23.9 Å². The highest BCUT2D eigenvalue weighted by Gasteiger charge is 2.20. The van der Waals surface area contributed by atoms with Crippen molar-refractivity contribution in [2.45, 2.75) is 25.0 Å². The predicted molar refractivity (Wildman–Crippen MR) is 67.4 cm³/mol. The first-order valence-corrected chi connectivity index (χ1v) is 5.72. The molecule has 0 aliphatic carbocycles. The van der Waals surface area contributed by atoms with Crippen LogP contribution in [-0.2, 0) is 0 Å². The zero-order valence-electron chi connectivity index (χ0n) is 8.32. The molecule has 2 atom stereocenters. The zero-order chi connectivity index (χ0) is 9.97. The molecule has 0 amide bonds. The van der Waals surface area contributed by atoms with E-state index in [9.17, 15) is 5.11 Å². The summed E-state index contributed by atoms with van der Waals surface area (Å²) in [7, 11) is 0. The second-order valence-electron chi connectivity index (χ2n) is 3.74. The van der Waals surface area contributed by atoms with Crippen molar-refractivity contribution in [1.82, 2.24) is 5.32 Å². The average Bonchev–Trinajstić information content (AvgIpc) is 2.18. The number of halogens is 2. The third kappa shape index (κ3) is 3.45. The Morgan fingerprint density at radius 2 is 2.20 bits per heavy atom. The van der Waals surface area contributed by atoms with Gasteiger partial charge in [-0.15, -0.1) is 12.4 Å². The molecule has 0 radical (unpaired) electrons. The minimum atomic E-state index is -0.153. The molecule has 2 rings (SSSR count). The molecule has 2 nitrogen and oxygen atoms in total. The summed E-state index contributed by atoms with van der Waals surface area (Å²) in [5.41, 5.74) is 1.25. The van der Waals surface area contributed by atoms with Gasteiger partial charge in [0.15, 0.2) is 0 Å². The van der Waals surface area contributed by atoms with Crippen LogP contribution in [0.15, 0.2) is 28.7 Å². The number of aliphatic hydroxyl groups is 1. The van der Waals surface area contributed by atoms with Gasteiger partial charge in [0.05, 0.1) is 6.10 Å². The fourth-order valence-electron chi connectivity index (χ4n) is 1.87. The van der Waals surface area contributed by atoms with Crippen LogP contribution in [-0.4, -0.2) is 17.8 Å². The van der Waals surface area contributed by atoms with E-state index in [1.807, 2.05) is 12.1 Å². The van der Waals surface area contributed by atoms with E-state index in [2.05, 4.69) is 33.4 Å². The van der Waals surface area contributed by atoms with Gasteiger partial charge in [-0.2, -0.15) is 0 Å². The quantitative estimate of drug-likeness (QED) is 0.834. The Balaban J connectivity index is 0.00000112. The van der Waals surface area contributed by atoms with E-state index in [1.54, 1.807) is 0 Å². The van der Waals surface area contributed by atoms with Gasteiger partial charge < -0.3 is 10.4 Å². The summed E-state index contributed by atoms with van der Waals surface area (Å²) in [6, 6.07) is 8.55. The maximum absolute atomic E-state index is 9.56. The van der Waals surface area contributed by atoms with Crippen LogP contribution in [0.3, 0.4) is 0 Å². The van der Waals surface area contributed by atoms with Crippen molar-refractivity contribution in [3.8, 4) is 0 Å². The lowest BCUT2D eigenvalue weighted by Crippen LogP contribution is -2.34. The van der Waals surface area contributed by atoms with Crippen LogP contribution in [0, 0.1) is 0 Å². The van der Waals surface area contributed by atoms with Crippen molar-refractivity contribution in [1.29, 1.82) is 0 Å². The van der Waals surface area contributed by atoms with Crippen molar-refractivity contribution in [3.05, 3.63) is 34.3 Å². The van der Waals surface area contributed by atoms with E-state index in [0.29, 0.717) is 6.04 Å². The van der Waals surface area contributed by atoms with Crippen LogP contribution in [0.5, 0.6) is 0 Å². The second-order valence-corrected chi connectivity index (χ2v) is 4.66. The summed E-state index contributed by atoms with van der Waals surface area (Å²) in [6.07, 6.45) is 1.53. The molecule has 1 heterocycles. The minimum Gasteiger partial charge on any atom is -0.393 e. The number of rotatable bonds is 1. The maximum Gasteiger partial charge on any atom is 0.0570 e.